The van der Waals surface area contributed by atoms with Crippen molar-refractivity contribution < 1.29 is 4.74 Å². The van der Waals surface area contributed by atoms with Crippen LogP contribution in [0.25, 0.3) is 0 Å². The second kappa shape index (κ2) is 7.10. The highest BCUT2D eigenvalue weighted by Crippen LogP contribution is 2.34. The third kappa shape index (κ3) is 3.29. The van der Waals surface area contributed by atoms with Gasteiger partial charge in [0.15, 0.2) is 0 Å². The molecule has 1 saturated heterocycles. The molecule has 20 heavy (non-hydrogen) atoms. The molecule has 112 valence electrons. The van der Waals surface area contributed by atoms with E-state index >= 15 is 0 Å². The van der Waals surface area contributed by atoms with E-state index < -0.39 is 0 Å². The Morgan fingerprint density at radius 3 is 2.85 bits per heavy atom. The van der Waals surface area contributed by atoms with Crippen molar-refractivity contribution in [2.24, 2.45) is 5.73 Å². The van der Waals surface area contributed by atoms with Gasteiger partial charge in [0.05, 0.1) is 22.8 Å². The fraction of sp³-hybridized carbons (Fsp3) is 0.600. The monoisotopic (exact) mass is 316 g/mol. The Morgan fingerprint density at radius 2 is 2.20 bits per heavy atom. The predicted octanol–water partition coefficient (Wildman–Crippen LogP) is 3.49. The summed E-state index contributed by atoms with van der Waals surface area (Å²) in [5, 5.41) is 1.19. The van der Waals surface area contributed by atoms with Crippen LogP contribution in [-0.2, 0) is 4.74 Å². The molecule has 1 fully saturated rings. The number of rotatable bonds is 4. The zero-order valence-corrected chi connectivity index (χ0v) is 13.5. The summed E-state index contributed by atoms with van der Waals surface area (Å²) in [6.45, 7) is 6.38. The van der Waals surface area contributed by atoms with Crippen molar-refractivity contribution in [2.45, 2.75) is 38.5 Å². The van der Waals surface area contributed by atoms with E-state index in [0.29, 0.717) is 22.6 Å². The molecular weight excluding hydrogens is 295 g/mol. The molecule has 0 aromatic heterocycles. The lowest BCUT2D eigenvalue weighted by molar-refractivity contribution is -0.0719. The zero-order valence-electron chi connectivity index (χ0n) is 12.0. The van der Waals surface area contributed by atoms with E-state index in [2.05, 4.69) is 18.7 Å². The zero-order chi connectivity index (χ0) is 14.7. The van der Waals surface area contributed by atoms with E-state index in [1.165, 1.54) is 0 Å². The van der Waals surface area contributed by atoms with Gasteiger partial charge in [0.1, 0.15) is 0 Å². The van der Waals surface area contributed by atoms with Gasteiger partial charge < -0.3 is 10.5 Å². The molecule has 0 radical (unpaired) electrons. The standard InChI is InChI=1S/C15H22Cl2N2O/c1-3-11-9-20-10(2)8-19(11)14(7-18)12-5-4-6-13(16)15(12)17/h4-6,10-11,14H,3,7-9,18H2,1-2H3. The summed E-state index contributed by atoms with van der Waals surface area (Å²) in [6, 6.07) is 6.20. The van der Waals surface area contributed by atoms with E-state index in [-0.39, 0.29) is 12.1 Å². The third-order valence-electron chi connectivity index (χ3n) is 3.95. The van der Waals surface area contributed by atoms with Crippen molar-refractivity contribution in [2.75, 3.05) is 19.7 Å². The van der Waals surface area contributed by atoms with Crippen molar-refractivity contribution in [1.29, 1.82) is 0 Å². The highest BCUT2D eigenvalue weighted by molar-refractivity contribution is 6.42. The predicted molar refractivity (Wildman–Crippen MR) is 84.5 cm³/mol. The molecule has 3 atom stereocenters. The van der Waals surface area contributed by atoms with Gasteiger partial charge in [0.25, 0.3) is 0 Å². The summed E-state index contributed by atoms with van der Waals surface area (Å²) < 4.78 is 5.75. The minimum Gasteiger partial charge on any atom is -0.376 e. The molecule has 1 aliphatic heterocycles. The molecule has 1 aromatic carbocycles. The second-order valence-corrected chi connectivity index (χ2v) is 6.08. The van der Waals surface area contributed by atoms with Gasteiger partial charge in [0.2, 0.25) is 0 Å². The molecule has 0 aliphatic carbocycles. The quantitative estimate of drug-likeness (QED) is 0.924. The topological polar surface area (TPSA) is 38.5 Å². The number of benzene rings is 1. The van der Waals surface area contributed by atoms with Crippen molar-refractivity contribution in [3.63, 3.8) is 0 Å². The number of hydrogen-bond acceptors (Lipinski definition) is 3. The van der Waals surface area contributed by atoms with Crippen molar-refractivity contribution in [1.82, 2.24) is 4.90 Å². The molecule has 2 N–H and O–H groups in total. The number of halogens is 2. The van der Waals surface area contributed by atoms with Gasteiger partial charge >= 0.3 is 0 Å². The van der Waals surface area contributed by atoms with Crippen LogP contribution >= 0.6 is 23.2 Å². The van der Waals surface area contributed by atoms with E-state index in [1.54, 1.807) is 6.07 Å². The lowest BCUT2D eigenvalue weighted by atomic mass is 10.0. The third-order valence-corrected chi connectivity index (χ3v) is 4.78. The highest BCUT2D eigenvalue weighted by atomic mass is 35.5. The summed E-state index contributed by atoms with van der Waals surface area (Å²) in [7, 11) is 0. The molecule has 5 heteroatoms. The average Bonchev–Trinajstić information content (AvgIpc) is 2.44. The van der Waals surface area contributed by atoms with Crippen LogP contribution in [0.3, 0.4) is 0 Å². The van der Waals surface area contributed by atoms with Crippen LogP contribution in [0.1, 0.15) is 31.9 Å². The van der Waals surface area contributed by atoms with Gasteiger partial charge in [-0.25, -0.2) is 0 Å². The molecule has 1 aromatic rings. The lowest BCUT2D eigenvalue weighted by Crippen LogP contribution is -2.51. The van der Waals surface area contributed by atoms with Gasteiger partial charge in [-0.05, 0) is 25.0 Å². The summed E-state index contributed by atoms with van der Waals surface area (Å²) in [5.74, 6) is 0. The van der Waals surface area contributed by atoms with Crippen LogP contribution < -0.4 is 5.73 Å². The van der Waals surface area contributed by atoms with E-state index in [4.69, 9.17) is 33.7 Å². The number of nitrogens with two attached hydrogens (primary N) is 1. The average molecular weight is 317 g/mol. The van der Waals surface area contributed by atoms with Gasteiger partial charge in [-0.2, -0.15) is 0 Å². The van der Waals surface area contributed by atoms with Gasteiger partial charge in [-0.3, -0.25) is 4.90 Å². The van der Waals surface area contributed by atoms with Crippen LogP contribution in [0.15, 0.2) is 18.2 Å². The first kappa shape index (κ1) is 16.1. The van der Waals surface area contributed by atoms with Gasteiger partial charge in [-0.15, -0.1) is 0 Å². The molecule has 0 saturated carbocycles. The lowest BCUT2D eigenvalue weighted by Gasteiger charge is -2.43. The van der Waals surface area contributed by atoms with Crippen LogP contribution in [0, 0.1) is 0 Å². The van der Waals surface area contributed by atoms with Crippen LogP contribution in [0.5, 0.6) is 0 Å². The Morgan fingerprint density at radius 1 is 1.45 bits per heavy atom. The van der Waals surface area contributed by atoms with Crippen LogP contribution in [-0.4, -0.2) is 36.7 Å². The van der Waals surface area contributed by atoms with E-state index in [9.17, 15) is 0 Å². The Kier molecular flexibility index (Phi) is 5.70. The first-order valence-electron chi connectivity index (χ1n) is 7.09. The van der Waals surface area contributed by atoms with Gasteiger partial charge in [0, 0.05) is 25.2 Å². The molecule has 0 spiro atoms. The second-order valence-electron chi connectivity index (χ2n) is 5.30. The van der Waals surface area contributed by atoms with Crippen molar-refractivity contribution >= 4 is 23.2 Å². The molecule has 3 unspecified atom stereocenters. The molecule has 1 heterocycles. The number of morpholine rings is 1. The van der Waals surface area contributed by atoms with E-state index in [1.807, 2.05) is 12.1 Å². The summed E-state index contributed by atoms with van der Waals surface area (Å²) in [4.78, 5) is 2.41. The van der Waals surface area contributed by atoms with Gasteiger partial charge in [-0.1, -0.05) is 42.3 Å². The summed E-state index contributed by atoms with van der Waals surface area (Å²) in [5.41, 5.74) is 7.04. The first-order chi connectivity index (χ1) is 9.58. The Labute approximate surface area is 131 Å². The fourth-order valence-electron chi connectivity index (χ4n) is 2.82. The van der Waals surface area contributed by atoms with Crippen LogP contribution in [0.2, 0.25) is 10.0 Å². The Balaban J connectivity index is 2.32. The maximum Gasteiger partial charge on any atom is 0.0675 e. The fourth-order valence-corrected chi connectivity index (χ4v) is 3.26. The minimum atomic E-state index is 0.0810. The molecular formula is C15H22Cl2N2O. The Bertz CT molecular complexity index is 455. The molecule has 3 nitrogen and oxygen atoms in total. The smallest absolute Gasteiger partial charge is 0.0675 e. The first-order valence-corrected chi connectivity index (χ1v) is 7.85. The maximum atomic E-state index is 6.37. The van der Waals surface area contributed by atoms with Crippen LogP contribution in [0.4, 0.5) is 0 Å². The highest BCUT2D eigenvalue weighted by Gasteiger charge is 2.32. The number of ether oxygens (including phenoxy) is 1. The molecule has 2 rings (SSSR count). The minimum absolute atomic E-state index is 0.0810. The molecule has 0 amide bonds. The number of nitrogens with zero attached hydrogens (tertiary/aromatic N) is 1. The largest absolute Gasteiger partial charge is 0.376 e. The summed E-state index contributed by atoms with van der Waals surface area (Å²) in [6.07, 6.45) is 1.24. The number of hydrogen-bond donors (Lipinski definition) is 1. The van der Waals surface area contributed by atoms with Crippen molar-refractivity contribution in [3.05, 3.63) is 33.8 Å². The normalized spacial score (nSPS) is 25.6. The SMILES string of the molecule is CCC1COC(C)CN1C(CN)c1cccc(Cl)c1Cl. The molecule has 0 bridgehead atoms. The van der Waals surface area contributed by atoms with Crippen molar-refractivity contribution in [3.8, 4) is 0 Å². The molecule has 1 aliphatic rings. The summed E-state index contributed by atoms with van der Waals surface area (Å²) >= 11 is 12.5. The maximum absolute atomic E-state index is 6.37. The van der Waals surface area contributed by atoms with E-state index in [0.717, 1.165) is 25.1 Å². The Hall–Kier alpha value is -0.320.